The Balaban J connectivity index is 2.02. The fraction of sp³-hybridized carbons (Fsp3) is 0.176. The van der Waals surface area contributed by atoms with Crippen LogP contribution in [0.15, 0.2) is 55.1 Å². The summed E-state index contributed by atoms with van der Waals surface area (Å²) in [6, 6.07) is 13.5. The number of rotatable bonds is 8. The van der Waals surface area contributed by atoms with Gasteiger partial charge in [-0.25, -0.2) is 5.43 Å². The molecule has 2 N–H and O–H groups in total. The van der Waals surface area contributed by atoms with E-state index in [1.54, 1.807) is 19.3 Å². The molecule has 4 nitrogen and oxygen atoms in total. The van der Waals surface area contributed by atoms with Gasteiger partial charge in [0.15, 0.2) is 11.5 Å². The van der Waals surface area contributed by atoms with Crippen LogP contribution in [0.2, 0.25) is 5.02 Å². The van der Waals surface area contributed by atoms with E-state index in [-0.39, 0.29) is 0 Å². The lowest BCUT2D eigenvalue weighted by Crippen LogP contribution is -2.21. The van der Waals surface area contributed by atoms with Crippen LogP contribution in [-0.4, -0.2) is 13.7 Å². The summed E-state index contributed by atoms with van der Waals surface area (Å²) in [4.78, 5) is 0. The molecule has 0 bridgehead atoms. The first-order chi connectivity index (χ1) is 10.7. The molecule has 0 aliphatic rings. The van der Waals surface area contributed by atoms with Gasteiger partial charge < -0.3 is 14.9 Å². The van der Waals surface area contributed by atoms with E-state index in [0.29, 0.717) is 29.7 Å². The van der Waals surface area contributed by atoms with Gasteiger partial charge in [0.2, 0.25) is 0 Å². The average Bonchev–Trinajstić information content (AvgIpc) is 2.55. The van der Waals surface area contributed by atoms with Gasteiger partial charge in [0.1, 0.15) is 6.61 Å². The van der Waals surface area contributed by atoms with Crippen LogP contribution in [0.5, 0.6) is 11.5 Å². The Bertz CT molecular complexity index is 618. The standard InChI is InChI=1S/C17H19ClN2O2/c1-3-9-22-17-11-15(18)13(10-16(17)21-2)12-19-20-14-7-5-4-6-8-14/h3-8,10-11,19-20H,1,9,12H2,2H3. The van der Waals surface area contributed by atoms with Crippen molar-refractivity contribution >= 4 is 17.3 Å². The highest BCUT2D eigenvalue weighted by atomic mass is 35.5. The number of nitrogens with one attached hydrogen (secondary N) is 2. The minimum Gasteiger partial charge on any atom is -0.493 e. The molecule has 116 valence electrons. The summed E-state index contributed by atoms with van der Waals surface area (Å²) >= 11 is 6.29. The second-order valence-electron chi connectivity index (χ2n) is 4.54. The smallest absolute Gasteiger partial charge is 0.163 e. The van der Waals surface area contributed by atoms with Crippen LogP contribution in [0, 0.1) is 0 Å². The number of para-hydroxylation sites is 1. The SMILES string of the molecule is C=CCOc1cc(Cl)c(CNNc2ccccc2)cc1OC. The molecule has 0 radical (unpaired) electrons. The zero-order valence-electron chi connectivity index (χ0n) is 12.4. The number of ether oxygens (including phenoxy) is 2. The predicted molar refractivity (Wildman–Crippen MR) is 90.6 cm³/mol. The lowest BCUT2D eigenvalue weighted by molar-refractivity contribution is 0.326. The lowest BCUT2D eigenvalue weighted by atomic mass is 10.2. The lowest BCUT2D eigenvalue weighted by Gasteiger charge is -2.14. The highest BCUT2D eigenvalue weighted by molar-refractivity contribution is 6.31. The van der Waals surface area contributed by atoms with Gasteiger partial charge in [-0.1, -0.05) is 42.5 Å². The summed E-state index contributed by atoms with van der Waals surface area (Å²) in [5.74, 6) is 1.25. The van der Waals surface area contributed by atoms with Crippen molar-refractivity contribution in [1.82, 2.24) is 5.43 Å². The van der Waals surface area contributed by atoms with E-state index in [4.69, 9.17) is 21.1 Å². The molecular weight excluding hydrogens is 300 g/mol. The Hall–Kier alpha value is -2.17. The molecule has 2 aromatic carbocycles. The van der Waals surface area contributed by atoms with Gasteiger partial charge in [-0.15, -0.1) is 0 Å². The van der Waals surface area contributed by atoms with Crippen LogP contribution >= 0.6 is 11.6 Å². The molecule has 0 atom stereocenters. The molecule has 0 aliphatic heterocycles. The molecule has 0 heterocycles. The van der Waals surface area contributed by atoms with Crippen LogP contribution in [0.1, 0.15) is 5.56 Å². The summed E-state index contributed by atoms with van der Waals surface area (Å²) in [6.07, 6.45) is 1.67. The van der Waals surface area contributed by atoms with Crippen LogP contribution < -0.4 is 20.3 Å². The number of halogens is 1. The first-order valence-corrected chi connectivity index (χ1v) is 7.26. The van der Waals surface area contributed by atoms with Gasteiger partial charge in [-0.3, -0.25) is 0 Å². The zero-order valence-corrected chi connectivity index (χ0v) is 13.2. The molecule has 0 saturated carbocycles. The molecule has 0 unspecified atom stereocenters. The second kappa shape index (κ2) is 8.32. The van der Waals surface area contributed by atoms with E-state index in [1.807, 2.05) is 36.4 Å². The molecule has 22 heavy (non-hydrogen) atoms. The minimum absolute atomic E-state index is 0.403. The minimum atomic E-state index is 0.403. The molecule has 5 heteroatoms. The van der Waals surface area contributed by atoms with E-state index in [2.05, 4.69) is 17.4 Å². The number of benzene rings is 2. The highest BCUT2D eigenvalue weighted by Gasteiger charge is 2.10. The van der Waals surface area contributed by atoms with Gasteiger partial charge >= 0.3 is 0 Å². The van der Waals surface area contributed by atoms with Crippen molar-refractivity contribution in [3.8, 4) is 11.5 Å². The maximum Gasteiger partial charge on any atom is 0.163 e. The first-order valence-electron chi connectivity index (χ1n) is 6.88. The molecule has 0 aromatic heterocycles. The predicted octanol–water partition coefficient (Wildman–Crippen LogP) is 4.03. The topological polar surface area (TPSA) is 42.5 Å². The van der Waals surface area contributed by atoms with Crippen LogP contribution in [-0.2, 0) is 6.54 Å². The normalized spacial score (nSPS) is 10.1. The van der Waals surface area contributed by atoms with Crippen molar-refractivity contribution in [1.29, 1.82) is 0 Å². The molecule has 2 aromatic rings. The van der Waals surface area contributed by atoms with Crippen LogP contribution in [0.25, 0.3) is 0 Å². The van der Waals surface area contributed by atoms with Gasteiger partial charge in [-0.05, 0) is 23.8 Å². The first kappa shape index (κ1) is 16.2. The van der Waals surface area contributed by atoms with Crippen molar-refractivity contribution in [2.45, 2.75) is 6.54 Å². The third-order valence-corrected chi connectivity index (χ3v) is 3.33. The van der Waals surface area contributed by atoms with E-state index in [1.165, 1.54) is 0 Å². The average molecular weight is 319 g/mol. The molecule has 0 spiro atoms. The Morgan fingerprint density at radius 2 is 1.95 bits per heavy atom. The maximum absolute atomic E-state index is 6.29. The summed E-state index contributed by atoms with van der Waals surface area (Å²) in [7, 11) is 1.60. The molecule has 2 rings (SSSR count). The van der Waals surface area contributed by atoms with E-state index < -0.39 is 0 Å². The third kappa shape index (κ3) is 4.41. The van der Waals surface area contributed by atoms with Crippen molar-refractivity contribution in [3.63, 3.8) is 0 Å². The van der Waals surface area contributed by atoms with Crippen LogP contribution in [0.4, 0.5) is 5.69 Å². The summed E-state index contributed by atoms with van der Waals surface area (Å²) < 4.78 is 10.9. The van der Waals surface area contributed by atoms with Gasteiger partial charge in [-0.2, -0.15) is 0 Å². The molecule has 0 amide bonds. The maximum atomic E-state index is 6.29. The van der Waals surface area contributed by atoms with Crippen LogP contribution in [0.3, 0.4) is 0 Å². The fourth-order valence-corrected chi connectivity index (χ4v) is 2.12. The summed E-state index contributed by atoms with van der Waals surface area (Å²) in [6.45, 7) is 4.57. The summed E-state index contributed by atoms with van der Waals surface area (Å²) in [5, 5.41) is 0.613. The Labute approximate surface area is 135 Å². The Morgan fingerprint density at radius 3 is 2.64 bits per heavy atom. The number of hydrogen-bond donors (Lipinski definition) is 2. The summed E-state index contributed by atoms with van der Waals surface area (Å²) in [5.41, 5.74) is 8.13. The third-order valence-electron chi connectivity index (χ3n) is 2.97. The van der Waals surface area contributed by atoms with E-state index >= 15 is 0 Å². The Kier molecular flexibility index (Phi) is 6.13. The number of hydrogen-bond acceptors (Lipinski definition) is 4. The van der Waals surface area contributed by atoms with Crippen molar-refractivity contribution in [2.24, 2.45) is 0 Å². The fourth-order valence-electron chi connectivity index (χ4n) is 1.90. The van der Waals surface area contributed by atoms with Gasteiger partial charge in [0, 0.05) is 23.3 Å². The molecule has 0 aliphatic carbocycles. The van der Waals surface area contributed by atoms with Crippen molar-refractivity contribution in [3.05, 3.63) is 65.7 Å². The van der Waals surface area contributed by atoms with Gasteiger partial charge in [0.25, 0.3) is 0 Å². The molecule has 0 fully saturated rings. The molecular formula is C17H19ClN2O2. The zero-order chi connectivity index (χ0) is 15.8. The van der Waals surface area contributed by atoms with Gasteiger partial charge in [0.05, 0.1) is 7.11 Å². The Morgan fingerprint density at radius 1 is 1.18 bits per heavy atom. The largest absolute Gasteiger partial charge is 0.493 e. The van der Waals surface area contributed by atoms with E-state index in [0.717, 1.165) is 11.3 Å². The highest BCUT2D eigenvalue weighted by Crippen LogP contribution is 2.33. The quantitative estimate of drug-likeness (QED) is 0.569. The number of hydrazine groups is 1. The van der Waals surface area contributed by atoms with Crippen molar-refractivity contribution < 1.29 is 9.47 Å². The monoisotopic (exact) mass is 318 g/mol. The van der Waals surface area contributed by atoms with E-state index in [9.17, 15) is 0 Å². The molecule has 0 saturated heterocycles. The van der Waals surface area contributed by atoms with Crippen molar-refractivity contribution in [2.75, 3.05) is 19.1 Å². The second-order valence-corrected chi connectivity index (χ2v) is 4.95. The number of anilines is 1. The number of methoxy groups -OCH3 is 1.